The normalized spacial score (nSPS) is 16.3. The topological polar surface area (TPSA) is 102 Å². The molecule has 8 heteroatoms. The number of hydrogen-bond acceptors (Lipinski definition) is 5. The van der Waals surface area contributed by atoms with Crippen molar-refractivity contribution in [2.45, 2.75) is 19.4 Å². The van der Waals surface area contributed by atoms with E-state index in [1.165, 1.54) is 12.1 Å². The zero-order valence-corrected chi connectivity index (χ0v) is 15.2. The number of amides is 2. The molecule has 1 aliphatic rings. The van der Waals surface area contributed by atoms with Crippen molar-refractivity contribution < 1.29 is 19.2 Å². The molecule has 146 valence electrons. The Morgan fingerprint density at radius 2 is 1.86 bits per heavy atom. The van der Waals surface area contributed by atoms with Crippen LogP contribution in [0.15, 0.2) is 54.6 Å². The van der Waals surface area contributed by atoms with Crippen LogP contribution in [0.5, 0.6) is 0 Å². The maximum absolute atomic E-state index is 12.4. The van der Waals surface area contributed by atoms with Crippen LogP contribution in [0.3, 0.4) is 0 Å². The molecule has 2 aromatic rings. The van der Waals surface area contributed by atoms with Crippen molar-refractivity contribution in [1.29, 1.82) is 0 Å². The lowest BCUT2D eigenvalue weighted by Crippen LogP contribution is -2.44. The fourth-order valence-corrected chi connectivity index (χ4v) is 3.06. The van der Waals surface area contributed by atoms with Crippen LogP contribution in [0, 0.1) is 16.0 Å². The van der Waals surface area contributed by atoms with E-state index in [2.05, 4.69) is 5.32 Å². The van der Waals surface area contributed by atoms with Crippen LogP contribution < -0.4 is 5.32 Å². The van der Waals surface area contributed by atoms with Crippen molar-refractivity contribution in [1.82, 2.24) is 4.90 Å². The van der Waals surface area contributed by atoms with E-state index in [-0.39, 0.29) is 30.2 Å². The summed E-state index contributed by atoms with van der Waals surface area (Å²) in [5.74, 6) is -0.746. The van der Waals surface area contributed by atoms with E-state index in [4.69, 9.17) is 4.74 Å². The number of nitro groups is 1. The van der Waals surface area contributed by atoms with Gasteiger partial charge in [-0.05, 0) is 42.7 Å². The average molecular weight is 383 g/mol. The Labute approximate surface area is 162 Å². The summed E-state index contributed by atoms with van der Waals surface area (Å²) in [4.78, 5) is 36.6. The molecule has 0 bridgehead atoms. The van der Waals surface area contributed by atoms with Gasteiger partial charge < -0.3 is 15.0 Å². The summed E-state index contributed by atoms with van der Waals surface area (Å²) in [6.07, 6.45) is 1.38. The van der Waals surface area contributed by atoms with Gasteiger partial charge in [-0.3, -0.25) is 14.9 Å². The van der Waals surface area contributed by atoms with E-state index in [1.54, 1.807) is 29.2 Å². The standard InChI is InChI=1S/C20H21N3O5/c24-19(28-14-15-8-10-18(11-9-15)23(26)27)16-5-4-12-22(13-16)20(25)21-17-6-2-1-3-7-17/h1-3,6-11,16H,4-5,12-14H2,(H,21,25). The first kappa shape index (κ1) is 19.3. The predicted molar refractivity (Wildman–Crippen MR) is 103 cm³/mol. The molecule has 1 heterocycles. The monoisotopic (exact) mass is 383 g/mol. The largest absolute Gasteiger partial charge is 0.461 e. The highest BCUT2D eigenvalue weighted by Gasteiger charge is 2.29. The molecule has 1 fully saturated rings. The highest BCUT2D eigenvalue weighted by Crippen LogP contribution is 2.20. The molecule has 1 aliphatic heterocycles. The smallest absolute Gasteiger partial charge is 0.321 e. The summed E-state index contributed by atoms with van der Waals surface area (Å²) in [5, 5.41) is 13.5. The molecular weight excluding hydrogens is 362 g/mol. The van der Waals surface area contributed by atoms with Crippen molar-refractivity contribution in [3.05, 3.63) is 70.3 Å². The lowest BCUT2D eigenvalue weighted by molar-refractivity contribution is -0.384. The summed E-state index contributed by atoms with van der Waals surface area (Å²) >= 11 is 0. The molecule has 1 saturated heterocycles. The molecule has 0 radical (unpaired) electrons. The van der Waals surface area contributed by atoms with Crippen LogP contribution in [0.4, 0.5) is 16.2 Å². The van der Waals surface area contributed by atoms with Crippen molar-refractivity contribution in [2.24, 2.45) is 5.92 Å². The average Bonchev–Trinajstić information content (AvgIpc) is 2.73. The number of ether oxygens (including phenoxy) is 1. The van der Waals surface area contributed by atoms with Crippen molar-refractivity contribution in [3.8, 4) is 0 Å². The number of nitro benzene ring substituents is 1. The minimum Gasteiger partial charge on any atom is -0.461 e. The fourth-order valence-electron chi connectivity index (χ4n) is 3.06. The van der Waals surface area contributed by atoms with Gasteiger partial charge in [-0.25, -0.2) is 4.79 Å². The van der Waals surface area contributed by atoms with Crippen molar-refractivity contribution in [3.63, 3.8) is 0 Å². The zero-order chi connectivity index (χ0) is 19.9. The molecule has 1 atom stereocenters. The van der Waals surface area contributed by atoms with Crippen molar-refractivity contribution >= 4 is 23.4 Å². The minimum absolute atomic E-state index is 0.0116. The third-order valence-electron chi connectivity index (χ3n) is 4.60. The molecule has 2 amide bonds. The number of anilines is 1. The Bertz CT molecular complexity index is 839. The minimum atomic E-state index is -0.479. The molecule has 0 spiro atoms. The molecule has 0 saturated carbocycles. The van der Waals surface area contributed by atoms with E-state index in [9.17, 15) is 19.7 Å². The summed E-state index contributed by atoms with van der Waals surface area (Å²) < 4.78 is 5.35. The quantitative estimate of drug-likeness (QED) is 0.483. The van der Waals surface area contributed by atoms with E-state index in [0.29, 0.717) is 30.8 Å². The summed E-state index contributed by atoms with van der Waals surface area (Å²) in [7, 11) is 0. The third-order valence-corrected chi connectivity index (χ3v) is 4.60. The van der Waals surface area contributed by atoms with E-state index < -0.39 is 4.92 Å². The zero-order valence-electron chi connectivity index (χ0n) is 15.2. The van der Waals surface area contributed by atoms with E-state index >= 15 is 0 Å². The lowest BCUT2D eigenvalue weighted by atomic mass is 9.98. The fraction of sp³-hybridized carbons (Fsp3) is 0.300. The number of non-ortho nitro benzene ring substituents is 1. The van der Waals surface area contributed by atoms with Gasteiger partial charge in [-0.1, -0.05) is 18.2 Å². The van der Waals surface area contributed by atoms with Crippen LogP contribution in [0.2, 0.25) is 0 Å². The number of hydrogen-bond donors (Lipinski definition) is 1. The Morgan fingerprint density at radius 3 is 2.54 bits per heavy atom. The Hall–Kier alpha value is -3.42. The maximum Gasteiger partial charge on any atom is 0.321 e. The number of para-hydroxylation sites is 1. The van der Waals surface area contributed by atoms with Crippen molar-refractivity contribution in [2.75, 3.05) is 18.4 Å². The van der Waals surface area contributed by atoms with Crippen LogP contribution >= 0.6 is 0 Å². The molecule has 1 unspecified atom stereocenters. The van der Waals surface area contributed by atoms with Gasteiger partial charge in [0, 0.05) is 30.9 Å². The van der Waals surface area contributed by atoms with E-state index in [0.717, 1.165) is 6.42 Å². The number of carbonyl (C=O) groups is 2. The SMILES string of the molecule is O=C(OCc1ccc([N+](=O)[O-])cc1)C1CCCN(C(=O)Nc2ccccc2)C1. The van der Waals surface area contributed by atoms with Gasteiger partial charge in [0.2, 0.25) is 0 Å². The summed E-state index contributed by atoms with van der Waals surface area (Å²) in [6.45, 7) is 0.937. The first-order valence-corrected chi connectivity index (χ1v) is 9.04. The van der Waals surface area contributed by atoms with Gasteiger partial charge in [0.1, 0.15) is 6.61 Å². The van der Waals surface area contributed by atoms with Gasteiger partial charge in [0.25, 0.3) is 5.69 Å². The second kappa shape index (κ2) is 8.98. The number of urea groups is 1. The number of rotatable bonds is 5. The molecule has 2 aromatic carbocycles. The number of nitrogens with zero attached hydrogens (tertiary/aromatic N) is 2. The van der Waals surface area contributed by atoms with Crippen LogP contribution in [-0.2, 0) is 16.1 Å². The highest BCUT2D eigenvalue weighted by molar-refractivity contribution is 5.89. The maximum atomic E-state index is 12.4. The van der Waals surface area contributed by atoms with Gasteiger partial charge in [-0.15, -0.1) is 0 Å². The Balaban J connectivity index is 1.51. The van der Waals surface area contributed by atoms with Crippen LogP contribution in [0.1, 0.15) is 18.4 Å². The molecule has 3 rings (SSSR count). The number of piperidine rings is 1. The first-order valence-electron chi connectivity index (χ1n) is 9.04. The summed E-state index contributed by atoms with van der Waals surface area (Å²) in [6, 6.07) is 14.8. The second-order valence-corrected chi connectivity index (χ2v) is 6.61. The van der Waals surface area contributed by atoms with Gasteiger partial charge in [0.15, 0.2) is 0 Å². The number of carbonyl (C=O) groups excluding carboxylic acids is 2. The Morgan fingerprint density at radius 1 is 1.14 bits per heavy atom. The second-order valence-electron chi connectivity index (χ2n) is 6.61. The highest BCUT2D eigenvalue weighted by atomic mass is 16.6. The van der Waals surface area contributed by atoms with E-state index in [1.807, 2.05) is 18.2 Å². The molecule has 8 nitrogen and oxygen atoms in total. The van der Waals surface area contributed by atoms with Gasteiger partial charge in [-0.2, -0.15) is 0 Å². The van der Waals surface area contributed by atoms with Crippen LogP contribution in [-0.4, -0.2) is 34.9 Å². The van der Waals surface area contributed by atoms with Gasteiger partial charge in [0.05, 0.1) is 10.8 Å². The molecule has 0 aliphatic carbocycles. The predicted octanol–water partition coefficient (Wildman–Crippen LogP) is 3.58. The van der Waals surface area contributed by atoms with Gasteiger partial charge >= 0.3 is 12.0 Å². The Kier molecular flexibility index (Phi) is 6.21. The molecular formula is C20H21N3O5. The molecule has 0 aromatic heterocycles. The molecule has 1 N–H and O–H groups in total. The number of esters is 1. The first-order chi connectivity index (χ1) is 13.5. The number of nitrogens with one attached hydrogen (secondary N) is 1. The molecule has 28 heavy (non-hydrogen) atoms. The summed E-state index contributed by atoms with van der Waals surface area (Å²) in [5.41, 5.74) is 1.37. The van der Waals surface area contributed by atoms with Crippen LogP contribution in [0.25, 0.3) is 0 Å². The lowest BCUT2D eigenvalue weighted by Gasteiger charge is -2.31. The number of likely N-dealkylation sites (tertiary alicyclic amines) is 1. The third kappa shape index (κ3) is 5.06. The number of benzene rings is 2.